The second-order valence-electron chi connectivity index (χ2n) is 11.6. The molecule has 1 aromatic carbocycles. The van der Waals surface area contributed by atoms with Gasteiger partial charge in [0.1, 0.15) is 11.2 Å². The Kier molecular flexibility index (Phi) is 5.29. The minimum Gasteiger partial charge on any atom is -0.456 e. The van der Waals surface area contributed by atoms with Crippen molar-refractivity contribution in [2.75, 3.05) is 6.61 Å². The summed E-state index contributed by atoms with van der Waals surface area (Å²) < 4.78 is 6.10. The monoisotopic (exact) mass is 482 g/mol. The summed E-state index contributed by atoms with van der Waals surface area (Å²) >= 11 is 0. The second kappa shape index (κ2) is 7.59. The molecule has 8 atom stereocenters. The third-order valence-corrected chi connectivity index (χ3v) is 9.50. The molecule has 4 N–H and O–H groups in total. The molecule has 7 heteroatoms. The van der Waals surface area contributed by atoms with E-state index in [4.69, 9.17) is 4.74 Å². The summed E-state index contributed by atoms with van der Waals surface area (Å²) in [4.78, 5) is 26.1. The molecule has 0 unspecified atom stereocenters. The topological polar surface area (TPSA) is 124 Å². The predicted octanol–water partition coefficient (Wildman–Crippen LogP) is 2.24. The first-order valence-corrected chi connectivity index (χ1v) is 12.3. The maximum Gasteiger partial charge on any atom is 0.340 e. The SMILES string of the molecule is CC1=C[C@H]2[C@@]3(O)[C@H](C)C[C@]4(OC(=O)[C@@H](O)c5ccccc5)[C@H]([C@@H]3C=C(CO)C[C@]2(O)C1=O)C4(C)C. The molecule has 0 bridgehead atoms. The third kappa shape index (κ3) is 3.05. The van der Waals surface area contributed by atoms with Crippen molar-refractivity contribution in [2.45, 2.75) is 63.4 Å². The number of ether oxygens (including phenoxy) is 1. The Morgan fingerprint density at radius 1 is 1.17 bits per heavy atom. The van der Waals surface area contributed by atoms with Gasteiger partial charge in [-0.25, -0.2) is 4.79 Å². The molecule has 7 nitrogen and oxygen atoms in total. The van der Waals surface area contributed by atoms with E-state index in [-0.39, 0.29) is 18.9 Å². The van der Waals surface area contributed by atoms with E-state index in [1.54, 1.807) is 49.4 Å². The fraction of sp³-hybridized carbons (Fsp3) is 0.571. The molecule has 0 saturated heterocycles. The zero-order valence-corrected chi connectivity index (χ0v) is 20.6. The Bertz CT molecular complexity index is 1140. The molecule has 4 aliphatic rings. The molecule has 2 fully saturated rings. The van der Waals surface area contributed by atoms with Crippen LogP contribution in [-0.4, -0.2) is 55.6 Å². The van der Waals surface area contributed by atoms with Crippen LogP contribution >= 0.6 is 0 Å². The first-order chi connectivity index (χ1) is 16.3. The van der Waals surface area contributed by atoms with Gasteiger partial charge in [0.25, 0.3) is 0 Å². The molecular formula is C28H34O7. The number of carbonyl (C=O) groups excluding carboxylic acids is 2. The molecule has 188 valence electrons. The standard InChI is InChI=1S/C28H34O7/c1-15-10-20-26(33,23(15)31)13-17(14-29)11-19-22-25(3,4)27(22,12-16(2)28(19,20)34)35-24(32)21(30)18-8-6-5-7-9-18/h5-11,16,19-22,29-30,33-34H,12-14H2,1-4H3/t16-,19+,20-,21+,22-,26-,27+,28-/m1/s1. The zero-order chi connectivity index (χ0) is 25.6. The number of hydrogen-bond acceptors (Lipinski definition) is 7. The molecule has 2 saturated carbocycles. The van der Waals surface area contributed by atoms with Crippen LogP contribution in [0.1, 0.15) is 52.2 Å². The van der Waals surface area contributed by atoms with Crippen LogP contribution in [0.3, 0.4) is 0 Å². The zero-order valence-electron chi connectivity index (χ0n) is 20.6. The van der Waals surface area contributed by atoms with Gasteiger partial charge in [-0.3, -0.25) is 4.79 Å². The highest BCUT2D eigenvalue weighted by molar-refractivity contribution is 6.04. The van der Waals surface area contributed by atoms with Gasteiger partial charge in [0, 0.05) is 29.6 Å². The van der Waals surface area contributed by atoms with E-state index in [9.17, 15) is 30.0 Å². The van der Waals surface area contributed by atoms with Crippen molar-refractivity contribution >= 4 is 11.8 Å². The largest absolute Gasteiger partial charge is 0.456 e. The number of fused-ring (bicyclic) bond motifs is 5. The summed E-state index contributed by atoms with van der Waals surface area (Å²) in [5.41, 5.74) is -3.45. The Balaban J connectivity index is 1.55. The van der Waals surface area contributed by atoms with Gasteiger partial charge in [-0.15, -0.1) is 0 Å². The van der Waals surface area contributed by atoms with Crippen LogP contribution in [0.15, 0.2) is 53.6 Å². The van der Waals surface area contributed by atoms with E-state index >= 15 is 0 Å². The van der Waals surface area contributed by atoms with Gasteiger partial charge in [0.15, 0.2) is 11.9 Å². The third-order valence-electron chi connectivity index (χ3n) is 9.50. The van der Waals surface area contributed by atoms with Crippen molar-refractivity contribution in [3.8, 4) is 0 Å². The van der Waals surface area contributed by atoms with Crippen molar-refractivity contribution in [1.82, 2.24) is 0 Å². The number of rotatable bonds is 4. The van der Waals surface area contributed by atoms with Crippen molar-refractivity contribution in [2.24, 2.45) is 29.1 Å². The Hall–Kier alpha value is -2.32. The van der Waals surface area contributed by atoms with Crippen molar-refractivity contribution < 1.29 is 34.8 Å². The number of hydrogen-bond donors (Lipinski definition) is 4. The van der Waals surface area contributed by atoms with Crippen LogP contribution in [-0.2, 0) is 14.3 Å². The molecule has 0 amide bonds. The summed E-state index contributed by atoms with van der Waals surface area (Å²) in [6, 6.07) is 8.60. The van der Waals surface area contributed by atoms with Crippen molar-refractivity contribution in [1.29, 1.82) is 0 Å². The number of ketones is 1. The average molecular weight is 483 g/mol. The van der Waals surface area contributed by atoms with E-state index < -0.39 is 57.8 Å². The Labute approximate surface area is 205 Å². The molecule has 0 heterocycles. The molecule has 5 rings (SSSR count). The van der Waals surface area contributed by atoms with Gasteiger partial charge in [-0.1, -0.05) is 63.3 Å². The summed E-state index contributed by atoms with van der Waals surface area (Å²) in [7, 11) is 0. The number of aliphatic hydroxyl groups is 4. The highest BCUT2D eigenvalue weighted by Gasteiger charge is 2.83. The number of Topliss-reactive ketones (excluding diaryl/α,β-unsaturated/α-hetero) is 1. The molecule has 35 heavy (non-hydrogen) atoms. The second-order valence-corrected chi connectivity index (χ2v) is 11.6. The van der Waals surface area contributed by atoms with Crippen LogP contribution in [0.2, 0.25) is 0 Å². The lowest BCUT2D eigenvalue weighted by atomic mass is 9.60. The number of esters is 1. The van der Waals surface area contributed by atoms with Gasteiger partial charge in [0.05, 0.1) is 12.2 Å². The maximum atomic E-state index is 13.1. The number of aliphatic hydroxyl groups excluding tert-OH is 2. The first-order valence-electron chi connectivity index (χ1n) is 12.3. The van der Waals surface area contributed by atoms with Crippen LogP contribution in [0.25, 0.3) is 0 Å². The molecule has 0 aromatic heterocycles. The molecule has 0 aliphatic heterocycles. The van der Waals surface area contributed by atoms with E-state index in [0.717, 1.165) is 0 Å². The Morgan fingerprint density at radius 3 is 2.46 bits per heavy atom. The lowest BCUT2D eigenvalue weighted by Crippen LogP contribution is -2.61. The molecule has 0 spiro atoms. The normalized spacial score (nSPS) is 42.0. The quantitative estimate of drug-likeness (QED) is 0.383. The minimum atomic E-state index is -1.82. The number of carbonyl (C=O) groups is 2. The molecule has 0 radical (unpaired) electrons. The minimum absolute atomic E-state index is 0.0565. The van der Waals surface area contributed by atoms with Gasteiger partial charge < -0.3 is 25.2 Å². The summed E-state index contributed by atoms with van der Waals surface area (Å²) in [6.45, 7) is 7.09. The maximum absolute atomic E-state index is 13.1. The van der Waals surface area contributed by atoms with Crippen LogP contribution in [0, 0.1) is 29.1 Å². The van der Waals surface area contributed by atoms with Crippen LogP contribution in [0.5, 0.6) is 0 Å². The van der Waals surface area contributed by atoms with E-state index in [0.29, 0.717) is 23.1 Å². The fourth-order valence-corrected chi connectivity index (χ4v) is 7.60. The van der Waals surface area contributed by atoms with Crippen LogP contribution < -0.4 is 0 Å². The summed E-state index contributed by atoms with van der Waals surface area (Å²) in [6.07, 6.45) is 2.30. The van der Waals surface area contributed by atoms with Gasteiger partial charge >= 0.3 is 5.97 Å². The number of benzene rings is 1. The molecular weight excluding hydrogens is 448 g/mol. The highest BCUT2D eigenvalue weighted by atomic mass is 16.6. The molecule has 1 aromatic rings. The fourth-order valence-electron chi connectivity index (χ4n) is 7.60. The van der Waals surface area contributed by atoms with Gasteiger partial charge in [-0.05, 0) is 36.0 Å². The van der Waals surface area contributed by atoms with Gasteiger partial charge in [-0.2, -0.15) is 0 Å². The van der Waals surface area contributed by atoms with E-state index in [1.165, 1.54) is 0 Å². The van der Waals surface area contributed by atoms with Gasteiger partial charge in [0.2, 0.25) is 0 Å². The van der Waals surface area contributed by atoms with Crippen LogP contribution in [0.4, 0.5) is 0 Å². The summed E-state index contributed by atoms with van der Waals surface area (Å²) in [5, 5.41) is 44.6. The summed E-state index contributed by atoms with van der Waals surface area (Å²) in [5.74, 6) is -3.36. The smallest absolute Gasteiger partial charge is 0.340 e. The van der Waals surface area contributed by atoms with E-state index in [1.807, 2.05) is 20.8 Å². The lowest BCUT2D eigenvalue weighted by Gasteiger charge is -2.50. The van der Waals surface area contributed by atoms with E-state index in [2.05, 4.69) is 0 Å². The average Bonchev–Trinajstić information content (AvgIpc) is 3.23. The Morgan fingerprint density at radius 2 is 1.83 bits per heavy atom. The first kappa shape index (κ1) is 24.4. The highest BCUT2D eigenvalue weighted by Crippen LogP contribution is 2.76. The van der Waals surface area contributed by atoms with Crippen molar-refractivity contribution in [3.63, 3.8) is 0 Å². The lowest BCUT2D eigenvalue weighted by molar-refractivity contribution is -0.191. The molecule has 4 aliphatic carbocycles. The predicted molar refractivity (Wildman–Crippen MR) is 127 cm³/mol. The van der Waals surface area contributed by atoms with Crippen molar-refractivity contribution in [3.05, 3.63) is 59.2 Å².